The number of hydrogen-bond acceptors (Lipinski definition) is 5. The van der Waals surface area contributed by atoms with Crippen molar-refractivity contribution in [1.29, 1.82) is 0 Å². The second kappa shape index (κ2) is 7.65. The summed E-state index contributed by atoms with van der Waals surface area (Å²) in [5, 5.41) is 14.1. The van der Waals surface area contributed by atoms with E-state index in [9.17, 15) is 4.79 Å². The number of carbonyl (C=O) groups excluding carboxylic acids is 1. The fourth-order valence-corrected chi connectivity index (χ4v) is 3.46. The summed E-state index contributed by atoms with van der Waals surface area (Å²) in [6.07, 6.45) is 3.79. The first kappa shape index (κ1) is 16.8. The topological polar surface area (TPSA) is 71.8 Å². The summed E-state index contributed by atoms with van der Waals surface area (Å²) in [5.74, 6) is 1.12. The minimum atomic E-state index is -0.251. The summed E-state index contributed by atoms with van der Waals surface area (Å²) < 4.78 is 2.74. The number of nitrogens with zero attached hydrogens (tertiary/aromatic N) is 3. The van der Waals surface area contributed by atoms with Crippen molar-refractivity contribution in [2.45, 2.75) is 0 Å². The molecule has 0 spiro atoms. The lowest BCUT2D eigenvalue weighted by Gasteiger charge is -2.07. The predicted molar refractivity (Wildman–Crippen MR) is 96.5 cm³/mol. The summed E-state index contributed by atoms with van der Waals surface area (Å²) in [6, 6.07) is 9.09. The van der Waals surface area contributed by atoms with Crippen LogP contribution in [0.3, 0.4) is 0 Å². The summed E-state index contributed by atoms with van der Waals surface area (Å²) in [5.41, 5.74) is 0.391. The molecule has 0 radical (unpaired) electrons. The van der Waals surface area contributed by atoms with Crippen LogP contribution >= 0.6 is 34.5 Å². The Morgan fingerprint density at radius 2 is 1.96 bits per heavy atom. The number of anilines is 1. The van der Waals surface area contributed by atoms with Gasteiger partial charge in [-0.15, -0.1) is 21.5 Å². The van der Waals surface area contributed by atoms with Crippen LogP contribution in [0.1, 0.15) is 10.4 Å². The molecule has 0 atom stereocenters. The van der Waals surface area contributed by atoms with Gasteiger partial charge in [0.1, 0.15) is 10.2 Å². The van der Waals surface area contributed by atoms with E-state index in [1.165, 1.54) is 11.3 Å². The largest absolute Gasteiger partial charge is 0.367 e. The van der Waals surface area contributed by atoms with Crippen molar-refractivity contribution in [3.63, 3.8) is 0 Å². The number of aromatic nitrogens is 3. The van der Waals surface area contributed by atoms with Crippen molar-refractivity contribution in [1.82, 2.24) is 20.1 Å². The zero-order chi connectivity index (χ0) is 16.9. The Labute approximate surface area is 152 Å². The SMILES string of the molecule is O=C(NCCNc1ccc(-n2cccc2)nn1)c1cc(Cl)sc1Cl. The molecule has 6 nitrogen and oxygen atoms in total. The Balaban J connectivity index is 1.46. The van der Waals surface area contributed by atoms with Crippen molar-refractivity contribution in [2.24, 2.45) is 0 Å². The zero-order valence-electron chi connectivity index (χ0n) is 12.4. The van der Waals surface area contributed by atoms with Gasteiger partial charge in [-0.3, -0.25) is 4.79 Å². The molecule has 0 bridgehead atoms. The normalized spacial score (nSPS) is 10.6. The van der Waals surface area contributed by atoms with Gasteiger partial charge in [-0.25, -0.2) is 0 Å². The minimum Gasteiger partial charge on any atom is -0.367 e. The number of nitrogens with one attached hydrogen (secondary N) is 2. The fraction of sp³-hybridized carbons (Fsp3) is 0.133. The Morgan fingerprint density at radius 1 is 1.17 bits per heavy atom. The standard InChI is InChI=1S/C15H13Cl2N5OS/c16-11-9-10(14(17)24-11)15(23)19-6-5-18-12-3-4-13(21-20-12)22-7-1-2-8-22/h1-4,7-9H,5-6H2,(H,18,20)(H,19,23). The van der Waals surface area contributed by atoms with Crippen LogP contribution in [0.15, 0.2) is 42.7 Å². The monoisotopic (exact) mass is 381 g/mol. The first-order valence-corrected chi connectivity index (χ1v) is 8.65. The van der Waals surface area contributed by atoms with Crippen LogP contribution in [0, 0.1) is 0 Å². The summed E-state index contributed by atoms with van der Waals surface area (Å²) in [6.45, 7) is 0.933. The number of carbonyl (C=O) groups is 1. The quantitative estimate of drug-likeness (QED) is 0.641. The van der Waals surface area contributed by atoms with E-state index in [-0.39, 0.29) is 5.91 Å². The molecule has 3 aromatic heterocycles. The van der Waals surface area contributed by atoms with Crippen molar-refractivity contribution < 1.29 is 4.79 Å². The van der Waals surface area contributed by atoms with Crippen molar-refractivity contribution in [3.05, 3.63) is 57.0 Å². The highest BCUT2D eigenvalue weighted by Crippen LogP contribution is 2.30. The van der Waals surface area contributed by atoms with Gasteiger partial charge in [0.05, 0.1) is 9.90 Å². The van der Waals surface area contributed by atoms with E-state index in [0.29, 0.717) is 33.1 Å². The Morgan fingerprint density at radius 3 is 2.58 bits per heavy atom. The highest BCUT2D eigenvalue weighted by atomic mass is 35.5. The highest BCUT2D eigenvalue weighted by Gasteiger charge is 2.13. The van der Waals surface area contributed by atoms with Gasteiger partial charge in [-0.1, -0.05) is 23.2 Å². The average Bonchev–Trinajstić information content (AvgIpc) is 3.21. The van der Waals surface area contributed by atoms with Gasteiger partial charge >= 0.3 is 0 Å². The molecule has 0 saturated carbocycles. The lowest BCUT2D eigenvalue weighted by atomic mass is 10.3. The van der Waals surface area contributed by atoms with Gasteiger partial charge in [-0.2, -0.15) is 0 Å². The molecular weight excluding hydrogens is 369 g/mol. The molecule has 24 heavy (non-hydrogen) atoms. The van der Waals surface area contributed by atoms with E-state index in [2.05, 4.69) is 20.8 Å². The molecule has 0 aliphatic rings. The van der Waals surface area contributed by atoms with Crippen molar-refractivity contribution >= 4 is 46.3 Å². The van der Waals surface area contributed by atoms with Crippen LogP contribution in [0.4, 0.5) is 5.82 Å². The average molecular weight is 382 g/mol. The van der Waals surface area contributed by atoms with Crippen LogP contribution in [-0.4, -0.2) is 33.8 Å². The van der Waals surface area contributed by atoms with Gasteiger partial charge in [0.2, 0.25) is 0 Å². The summed E-state index contributed by atoms with van der Waals surface area (Å²) >= 11 is 12.9. The molecule has 0 aliphatic heterocycles. The number of hydrogen-bond donors (Lipinski definition) is 2. The Kier molecular flexibility index (Phi) is 5.34. The molecule has 9 heteroatoms. The molecule has 0 fully saturated rings. The predicted octanol–water partition coefficient (Wildman–Crippen LogP) is 3.48. The molecule has 2 N–H and O–H groups in total. The van der Waals surface area contributed by atoms with Gasteiger partial charge in [-0.05, 0) is 30.3 Å². The molecular formula is C15H13Cl2N5OS. The Bertz CT molecular complexity index is 817. The highest BCUT2D eigenvalue weighted by molar-refractivity contribution is 7.20. The van der Waals surface area contributed by atoms with Gasteiger partial charge < -0.3 is 15.2 Å². The molecule has 124 valence electrons. The third-order valence-corrected chi connectivity index (χ3v) is 4.63. The minimum absolute atomic E-state index is 0.251. The van der Waals surface area contributed by atoms with E-state index in [4.69, 9.17) is 23.2 Å². The van der Waals surface area contributed by atoms with Crippen LogP contribution < -0.4 is 10.6 Å². The molecule has 1 amide bonds. The van der Waals surface area contributed by atoms with Gasteiger partial charge in [0, 0.05) is 25.5 Å². The van der Waals surface area contributed by atoms with Crippen molar-refractivity contribution in [3.8, 4) is 5.82 Å². The van der Waals surface area contributed by atoms with E-state index in [1.807, 2.05) is 41.2 Å². The number of rotatable bonds is 6. The molecule has 0 aliphatic carbocycles. The maximum Gasteiger partial charge on any atom is 0.253 e. The summed E-state index contributed by atoms with van der Waals surface area (Å²) in [7, 11) is 0. The summed E-state index contributed by atoms with van der Waals surface area (Å²) in [4.78, 5) is 12.0. The van der Waals surface area contributed by atoms with Crippen LogP contribution in [0.25, 0.3) is 5.82 Å². The zero-order valence-corrected chi connectivity index (χ0v) is 14.7. The number of halogens is 2. The molecule has 0 saturated heterocycles. The lowest BCUT2D eigenvalue weighted by molar-refractivity contribution is 0.0956. The van der Waals surface area contributed by atoms with Crippen LogP contribution in [-0.2, 0) is 0 Å². The molecule has 0 unspecified atom stereocenters. The van der Waals surface area contributed by atoms with Gasteiger partial charge in [0.15, 0.2) is 5.82 Å². The van der Waals surface area contributed by atoms with Crippen LogP contribution in [0.2, 0.25) is 8.67 Å². The van der Waals surface area contributed by atoms with E-state index < -0.39 is 0 Å². The van der Waals surface area contributed by atoms with Gasteiger partial charge in [0.25, 0.3) is 5.91 Å². The third-order valence-electron chi connectivity index (χ3n) is 3.14. The second-order valence-corrected chi connectivity index (χ2v) is 7.07. The smallest absolute Gasteiger partial charge is 0.253 e. The Hall–Kier alpha value is -2.09. The second-order valence-electron chi connectivity index (χ2n) is 4.79. The molecule has 3 rings (SSSR count). The number of thiophene rings is 1. The van der Waals surface area contributed by atoms with E-state index in [0.717, 1.165) is 5.82 Å². The molecule has 0 aromatic carbocycles. The van der Waals surface area contributed by atoms with Crippen LogP contribution in [0.5, 0.6) is 0 Å². The third kappa shape index (κ3) is 4.05. The maximum atomic E-state index is 12.0. The number of amides is 1. The lowest BCUT2D eigenvalue weighted by Crippen LogP contribution is -2.28. The van der Waals surface area contributed by atoms with E-state index >= 15 is 0 Å². The maximum absolute atomic E-state index is 12.0. The fourth-order valence-electron chi connectivity index (χ4n) is 2.00. The first-order valence-electron chi connectivity index (χ1n) is 7.07. The van der Waals surface area contributed by atoms with E-state index in [1.54, 1.807) is 6.07 Å². The molecule has 3 heterocycles. The first-order chi connectivity index (χ1) is 11.6. The molecule has 3 aromatic rings. The van der Waals surface area contributed by atoms with Crippen molar-refractivity contribution in [2.75, 3.05) is 18.4 Å².